The van der Waals surface area contributed by atoms with Gasteiger partial charge >= 0.3 is 30.9 Å². The fourth-order valence-electron chi connectivity index (χ4n) is 9.81. The molecule has 23 heteroatoms. The van der Waals surface area contributed by atoms with Crippen molar-refractivity contribution in [1.29, 1.82) is 0 Å². The van der Waals surface area contributed by atoms with Crippen molar-refractivity contribution in [2.75, 3.05) is 34.5 Å². The number of carbonyl (C=O) groups is 3. The van der Waals surface area contributed by atoms with Gasteiger partial charge < -0.3 is 35.4 Å². The lowest BCUT2D eigenvalue weighted by Gasteiger charge is -2.26. The minimum absolute atomic E-state index is 0.0150. The number of thioether (sulfide) groups is 2. The molecule has 1 unspecified atom stereocenters. The number of nitrogens with zero attached hydrogens (tertiary/aromatic N) is 1. The van der Waals surface area contributed by atoms with Gasteiger partial charge in [0, 0.05) is 41.2 Å². The van der Waals surface area contributed by atoms with Gasteiger partial charge in [-0.25, -0.2) is 4.79 Å². The molecule has 4 N–H and O–H groups in total. The number of carbonyl (C=O) groups excluding carboxylic acids is 3. The first-order valence-electron chi connectivity index (χ1n) is 26.7. The summed E-state index contributed by atoms with van der Waals surface area (Å²) in [5, 5.41) is 18.0. The summed E-state index contributed by atoms with van der Waals surface area (Å²) in [4.78, 5) is 37.8. The van der Waals surface area contributed by atoms with Crippen LogP contribution in [0.3, 0.4) is 0 Å². The summed E-state index contributed by atoms with van der Waals surface area (Å²) in [6.07, 6.45) is -14.2. The zero-order valence-electron chi connectivity index (χ0n) is 45.5. The van der Waals surface area contributed by atoms with Gasteiger partial charge in [-0.05, 0) is 165 Å². The van der Waals surface area contributed by atoms with E-state index in [2.05, 4.69) is 25.4 Å². The number of rotatable bonds is 4. The summed E-state index contributed by atoms with van der Waals surface area (Å²) >= 11 is 3.01. The highest BCUT2D eigenvalue weighted by atomic mass is 32.2. The third-order valence-electron chi connectivity index (χ3n) is 14.3. The highest BCUT2D eigenvalue weighted by Gasteiger charge is 2.43. The molecule has 0 fully saturated rings. The fourth-order valence-corrected chi connectivity index (χ4v) is 11.6. The van der Waals surface area contributed by atoms with Crippen LogP contribution >= 0.6 is 23.5 Å². The van der Waals surface area contributed by atoms with Crippen LogP contribution in [0.15, 0.2) is 174 Å². The highest BCUT2D eigenvalue weighted by molar-refractivity contribution is 8.00. The van der Waals surface area contributed by atoms with E-state index in [0.717, 1.165) is 121 Å². The van der Waals surface area contributed by atoms with Gasteiger partial charge in [0.05, 0.1) is 39.9 Å². The predicted octanol–water partition coefficient (Wildman–Crippen LogP) is 17.1. The molecule has 1 aliphatic carbocycles. The minimum Gasteiger partial charge on any atom is -0.395 e. The smallest absolute Gasteiger partial charge is 0.395 e. The second-order valence-electron chi connectivity index (χ2n) is 20.5. The first-order chi connectivity index (χ1) is 41.2. The minimum atomic E-state index is -4.33. The van der Waals surface area contributed by atoms with Crippen LogP contribution in [0.5, 0.6) is 11.5 Å². The molecule has 10 nitrogen and oxygen atoms in total. The van der Waals surface area contributed by atoms with Crippen LogP contribution in [0, 0.1) is 0 Å². The molecule has 0 saturated heterocycles. The maximum Gasteiger partial charge on any atom is 0.586 e. The Bertz CT molecular complexity index is 3820. The summed E-state index contributed by atoms with van der Waals surface area (Å²) < 4.78 is 148. The van der Waals surface area contributed by atoms with E-state index >= 15 is 0 Å². The van der Waals surface area contributed by atoms with Gasteiger partial charge in [0.1, 0.15) is 0 Å². The van der Waals surface area contributed by atoms with Gasteiger partial charge in [-0.3, -0.25) is 9.59 Å². The van der Waals surface area contributed by atoms with E-state index in [9.17, 15) is 67.8 Å². The molecule has 0 radical (unpaired) electrons. The molecule has 4 amide bonds. The molecule has 4 aliphatic heterocycles. The molecule has 0 saturated carbocycles. The number of aliphatic hydroxyl groups excluding tert-OH is 1. The quantitative estimate of drug-likeness (QED) is 0.128. The van der Waals surface area contributed by atoms with E-state index in [4.69, 9.17) is 0 Å². The van der Waals surface area contributed by atoms with Crippen LogP contribution in [0.2, 0.25) is 0 Å². The maximum atomic E-state index is 13.0. The average Bonchev–Trinajstić information content (AvgIpc) is 2.85. The molecule has 0 aromatic heterocycles. The summed E-state index contributed by atoms with van der Waals surface area (Å²) in [5.74, 6) is 1.04. The molecular formula is C64H49F11N4O6S2. The Balaban J connectivity index is 0.000000128. The number of anilines is 3. The Kier molecular flexibility index (Phi) is 17.7. The van der Waals surface area contributed by atoms with Crippen LogP contribution in [0.25, 0.3) is 44.5 Å². The van der Waals surface area contributed by atoms with Crippen LogP contribution in [-0.2, 0) is 47.5 Å². The Morgan fingerprint density at radius 1 is 0.483 bits per heavy atom. The molecule has 0 spiro atoms. The molecule has 1 atom stereocenters. The number of halogens is 11. The van der Waals surface area contributed by atoms with E-state index in [1.54, 1.807) is 60.1 Å². The number of alkyl halides is 11. The van der Waals surface area contributed by atoms with Gasteiger partial charge in [-0.2, -0.15) is 39.5 Å². The van der Waals surface area contributed by atoms with Gasteiger partial charge in [-0.15, -0.1) is 32.3 Å². The number of aryl methyl sites for hydroxylation is 1. The van der Waals surface area contributed by atoms with Crippen molar-refractivity contribution >= 4 is 58.4 Å². The Morgan fingerprint density at radius 3 is 1.47 bits per heavy atom. The second kappa shape index (κ2) is 25.0. The monoisotopic (exact) mass is 1240 g/mol. The molecular weight excluding hydrogens is 1190 g/mol. The number of ether oxygens (including phenoxy) is 2. The van der Waals surface area contributed by atoms with Gasteiger partial charge in [0.2, 0.25) is 11.8 Å². The molecule has 8 aromatic rings. The van der Waals surface area contributed by atoms with Crippen LogP contribution < -0.4 is 25.4 Å². The Hall–Kier alpha value is -8.54. The number of hydrogen-bond donors (Lipinski definition) is 4. The van der Waals surface area contributed by atoms with Crippen molar-refractivity contribution in [3.8, 4) is 56.0 Å². The van der Waals surface area contributed by atoms with E-state index in [0.29, 0.717) is 42.0 Å². The van der Waals surface area contributed by atoms with E-state index in [1.165, 1.54) is 65.9 Å². The van der Waals surface area contributed by atoms with Gasteiger partial charge in [0.15, 0.2) is 11.5 Å². The van der Waals surface area contributed by atoms with E-state index in [1.807, 2.05) is 42.5 Å². The Labute approximate surface area is 499 Å². The number of nitrogens with one attached hydrogen (secondary N) is 3. The second-order valence-corrected chi connectivity index (χ2v) is 22.7. The average molecular weight is 1240 g/mol. The number of aliphatic hydroxyl groups is 1. The van der Waals surface area contributed by atoms with Crippen molar-refractivity contribution in [2.24, 2.45) is 0 Å². The van der Waals surface area contributed by atoms with Crippen molar-refractivity contribution in [3.63, 3.8) is 0 Å². The molecule has 0 bridgehead atoms. The molecule has 450 valence electrons. The maximum absolute atomic E-state index is 13.0. The third-order valence-corrected chi connectivity index (χ3v) is 16.5. The number of fused-ring (bicyclic) bond motifs is 5. The molecule has 87 heavy (non-hydrogen) atoms. The third kappa shape index (κ3) is 15.2. The lowest BCUT2D eigenvalue weighted by Crippen LogP contribution is -2.35. The first kappa shape index (κ1) is 61.5. The van der Waals surface area contributed by atoms with Crippen LogP contribution in [0.1, 0.15) is 46.2 Å². The molecule has 13 rings (SSSR count). The highest BCUT2D eigenvalue weighted by Crippen LogP contribution is 2.45. The first-order valence-corrected chi connectivity index (χ1v) is 28.7. The molecule has 4 heterocycles. The lowest BCUT2D eigenvalue weighted by molar-refractivity contribution is -0.286. The molecule has 5 aliphatic rings. The fraction of sp³-hybridized carbons (Fsp3) is 0.203. The van der Waals surface area contributed by atoms with E-state index < -0.39 is 41.5 Å². The lowest BCUT2D eigenvalue weighted by atomic mass is 9.87. The summed E-state index contributed by atoms with van der Waals surface area (Å²) in [7, 11) is 1.68. The largest absolute Gasteiger partial charge is 0.586 e. The normalized spacial score (nSPS) is 16.4. The van der Waals surface area contributed by atoms with Crippen LogP contribution in [-0.4, -0.2) is 58.8 Å². The SMILES string of the molecule is CN1Cc2cc(-c3ccc(C(F)(F)F)cc3)ccc2NC1=O.O=C1CCSc2cc(-c3ccc(C(F)(F)F)cc3)ccc2N1.O=C1CSc2cc(-c3ccc4c(c3)OC(F)(F)O4)ccc2N1.OC1CCc2cc(-c3ccc(C(F)(F)F)cc3)ccc2C1. The summed E-state index contributed by atoms with van der Waals surface area (Å²) in [5.41, 5.74) is 9.87. The zero-order chi connectivity index (χ0) is 62.0. The standard InChI is InChI=1S/C17H15F3O.C16H13F3N2O.C16H12F3NOS.C15H9F2NO3S/c18-17(19,20)15-6-3-11(4-7-15)12-1-2-14-10-16(21)8-5-13(14)9-12;1-21-9-12-8-11(4-7-14(12)20-15(21)22)10-2-5-13(6-3-10)16(17,18)19;17-16(18,19)12-4-1-10(2-5-12)11-3-6-13-14(9-11)22-8-7-15(21)20-13;16-15(17)20-11-4-2-8(5-12(11)21-15)9-1-3-10-13(6-9)22-7-14(19)18-10/h1-4,6-7,9,16,21H,5,8,10H2;2-8H,9H2,1H3,(H,20,22);1-6,9H,7-8H2,(H,20,21);1-6H,7H2,(H,18,19). The number of amides is 4. The number of hydrogen-bond acceptors (Lipinski definition) is 8. The molecule has 8 aromatic carbocycles. The zero-order valence-corrected chi connectivity index (χ0v) is 47.2. The number of urea groups is 1. The predicted molar refractivity (Wildman–Crippen MR) is 311 cm³/mol. The van der Waals surface area contributed by atoms with E-state index in [-0.39, 0.29) is 35.4 Å². The topological polar surface area (TPSA) is 129 Å². The van der Waals surface area contributed by atoms with Crippen molar-refractivity contribution in [3.05, 3.63) is 197 Å². The summed E-state index contributed by atoms with van der Waals surface area (Å²) in [6.45, 7) is 0.468. The summed E-state index contributed by atoms with van der Waals surface area (Å²) in [6, 6.07) is 42.2. The Morgan fingerprint density at radius 2 is 0.920 bits per heavy atom. The van der Waals surface area contributed by atoms with Crippen molar-refractivity contribution < 1.29 is 77.3 Å². The van der Waals surface area contributed by atoms with Crippen molar-refractivity contribution in [2.45, 2.75) is 72.9 Å². The number of benzene rings is 8. The van der Waals surface area contributed by atoms with Crippen LogP contribution in [0.4, 0.5) is 70.2 Å². The van der Waals surface area contributed by atoms with Gasteiger partial charge in [0.25, 0.3) is 0 Å². The van der Waals surface area contributed by atoms with Crippen molar-refractivity contribution in [1.82, 2.24) is 4.90 Å². The van der Waals surface area contributed by atoms with Gasteiger partial charge in [-0.1, -0.05) is 78.9 Å².